The van der Waals surface area contributed by atoms with Crippen molar-refractivity contribution in [2.24, 2.45) is 0 Å². The standard InChI is InChI=1S/C18H16N4O2/c1-13-4-2-3-5-16(13)23-12-17-22-15(10-19)18(24-17)21-11-14-6-8-20-9-7-14/h2-9,21H,11-12H2,1H3. The molecule has 0 unspecified atom stereocenters. The largest absolute Gasteiger partial charge is 0.484 e. The summed E-state index contributed by atoms with van der Waals surface area (Å²) in [7, 11) is 0. The van der Waals surface area contributed by atoms with Crippen LogP contribution in [0.2, 0.25) is 0 Å². The van der Waals surface area contributed by atoms with Crippen LogP contribution in [0.5, 0.6) is 5.75 Å². The summed E-state index contributed by atoms with van der Waals surface area (Å²) in [4.78, 5) is 8.12. The molecule has 0 aliphatic rings. The minimum Gasteiger partial charge on any atom is -0.484 e. The van der Waals surface area contributed by atoms with Crippen molar-refractivity contribution < 1.29 is 9.15 Å². The highest BCUT2D eigenvalue weighted by Gasteiger charge is 2.13. The van der Waals surface area contributed by atoms with Crippen LogP contribution in [0.4, 0.5) is 5.88 Å². The van der Waals surface area contributed by atoms with Crippen molar-refractivity contribution in [1.82, 2.24) is 9.97 Å². The molecule has 1 N–H and O–H groups in total. The highest BCUT2D eigenvalue weighted by molar-refractivity contribution is 5.45. The molecule has 6 heteroatoms. The maximum absolute atomic E-state index is 9.20. The molecule has 0 radical (unpaired) electrons. The number of hydrogen-bond acceptors (Lipinski definition) is 6. The topological polar surface area (TPSA) is 84.0 Å². The number of anilines is 1. The van der Waals surface area contributed by atoms with Crippen LogP contribution in [-0.2, 0) is 13.2 Å². The monoisotopic (exact) mass is 320 g/mol. The van der Waals surface area contributed by atoms with Crippen molar-refractivity contribution >= 4 is 5.88 Å². The Balaban J connectivity index is 1.66. The van der Waals surface area contributed by atoms with Gasteiger partial charge in [-0.1, -0.05) is 18.2 Å². The lowest BCUT2D eigenvalue weighted by Crippen LogP contribution is -1.99. The minimum atomic E-state index is 0.163. The Kier molecular flexibility index (Phi) is 4.73. The molecule has 24 heavy (non-hydrogen) atoms. The van der Waals surface area contributed by atoms with Gasteiger partial charge in [0.2, 0.25) is 17.5 Å². The second-order valence-electron chi connectivity index (χ2n) is 5.16. The summed E-state index contributed by atoms with van der Waals surface area (Å²) in [5.74, 6) is 1.46. The second-order valence-corrected chi connectivity index (χ2v) is 5.16. The predicted octanol–water partition coefficient (Wildman–Crippen LogP) is 3.44. The highest BCUT2D eigenvalue weighted by atomic mass is 16.5. The van der Waals surface area contributed by atoms with E-state index in [9.17, 15) is 5.26 Å². The van der Waals surface area contributed by atoms with Crippen LogP contribution in [-0.4, -0.2) is 9.97 Å². The van der Waals surface area contributed by atoms with Crippen molar-refractivity contribution in [2.75, 3.05) is 5.32 Å². The first-order chi connectivity index (χ1) is 11.8. The van der Waals surface area contributed by atoms with E-state index in [2.05, 4.69) is 15.3 Å². The number of para-hydroxylation sites is 1. The van der Waals surface area contributed by atoms with Gasteiger partial charge in [-0.15, -0.1) is 0 Å². The molecule has 0 atom stereocenters. The van der Waals surface area contributed by atoms with Crippen molar-refractivity contribution in [3.8, 4) is 11.8 Å². The average Bonchev–Trinajstić information content (AvgIpc) is 3.02. The number of aromatic nitrogens is 2. The Bertz CT molecular complexity index is 853. The maximum atomic E-state index is 9.20. The van der Waals surface area contributed by atoms with Gasteiger partial charge in [0.05, 0.1) is 0 Å². The molecule has 0 fully saturated rings. The molecule has 3 aromatic rings. The Labute approximate surface area is 139 Å². The number of hydrogen-bond donors (Lipinski definition) is 1. The van der Waals surface area contributed by atoms with E-state index in [-0.39, 0.29) is 12.3 Å². The van der Waals surface area contributed by atoms with Gasteiger partial charge in [-0.25, -0.2) is 0 Å². The Morgan fingerprint density at radius 1 is 1.21 bits per heavy atom. The molecular weight excluding hydrogens is 304 g/mol. The molecule has 2 aromatic heterocycles. The fourth-order valence-corrected chi connectivity index (χ4v) is 2.16. The Morgan fingerprint density at radius 2 is 2.00 bits per heavy atom. The molecule has 0 aliphatic heterocycles. The Morgan fingerprint density at radius 3 is 2.75 bits per heavy atom. The van der Waals surface area contributed by atoms with Crippen LogP contribution < -0.4 is 10.1 Å². The number of rotatable bonds is 6. The fraction of sp³-hybridized carbons (Fsp3) is 0.167. The van der Waals surface area contributed by atoms with Gasteiger partial charge in [0.15, 0.2) is 6.61 Å². The van der Waals surface area contributed by atoms with Gasteiger partial charge >= 0.3 is 0 Å². The smallest absolute Gasteiger partial charge is 0.236 e. The molecule has 0 bridgehead atoms. The number of nitrogens with one attached hydrogen (secondary N) is 1. The highest BCUT2D eigenvalue weighted by Crippen LogP contribution is 2.21. The lowest BCUT2D eigenvalue weighted by molar-refractivity contribution is 0.263. The predicted molar refractivity (Wildman–Crippen MR) is 88.3 cm³/mol. The SMILES string of the molecule is Cc1ccccc1OCc1nc(C#N)c(NCc2ccncc2)o1. The van der Waals surface area contributed by atoms with Gasteiger partial charge in [0.25, 0.3) is 0 Å². The van der Waals surface area contributed by atoms with Gasteiger partial charge in [0.1, 0.15) is 11.8 Å². The number of aryl methyl sites for hydroxylation is 1. The minimum absolute atomic E-state index is 0.163. The lowest BCUT2D eigenvalue weighted by atomic mass is 10.2. The van der Waals surface area contributed by atoms with Crippen LogP contribution in [0.1, 0.15) is 22.7 Å². The normalized spacial score (nSPS) is 10.2. The van der Waals surface area contributed by atoms with Gasteiger partial charge in [-0.05, 0) is 36.2 Å². The van der Waals surface area contributed by atoms with Gasteiger partial charge in [-0.3, -0.25) is 4.98 Å². The third kappa shape index (κ3) is 3.70. The summed E-state index contributed by atoms with van der Waals surface area (Å²) >= 11 is 0. The molecule has 6 nitrogen and oxygen atoms in total. The van der Waals surface area contributed by atoms with Gasteiger partial charge in [0, 0.05) is 18.9 Å². The van der Waals surface area contributed by atoms with E-state index in [1.165, 1.54) is 0 Å². The first kappa shape index (κ1) is 15.6. The van der Waals surface area contributed by atoms with E-state index in [1.54, 1.807) is 12.4 Å². The maximum Gasteiger partial charge on any atom is 0.236 e. The zero-order valence-electron chi connectivity index (χ0n) is 13.2. The van der Waals surface area contributed by atoms with Crippen LogP contribution in [0, 0.1) is 18.3 Å². The van der Waals surface area contributed by atoms with E-state index >= 15 is 0 Å². The Hall–Kier alpha value is -3.33. The lowest BCUT2D eigenvalue weighted by Gasteiger charge is -2.06. The molecule has 0 spiro atoms. The van der Waals surface area contributed by atoms with Crippen molar-refractivity contribution in [3.63, 3.8) is 0 Å². The molecule has 0 saturated heterocycles. The molecule has 2 heterocycles. The van der Waals surface area contributed by atoms with E-state index in [4.69, 9.17) is 9.15 Å². The zero-order valence-corrected chi connectivity index (χ0v) is 13.2. The number of pyridine rings is 1. The number of benzene rings is 1. The van der Waals surface area contributed by atoms with Gasteiger partial charge < -0.3 is 14.5 Å². The van der Waals surface area contributed by atoms with Crippen LogP contribution in [0.25, 0.3) is 0 Å². The summed E-state index contributed by atoms with van der Waals surface area (Å²) < 4.78 is 11.3. The summed E-state index contributed by atoms with van der Waals surface area (Å²) in [6, 6.07) is 13.5. The van der Waals surface area contributed by atoms with Crippen LogP contribution in [0.15, 0.2) is 53.2 Å². The second kappa shape index (κ2) is 7.29. The number of oxazole rings is 1. The fourth-order valence-electron chi connectivity index (χ4n) is 2.16. The molecular formula is C18H16N4O2. The molecule has 1 aromatic carbocycles. The summed E-state index contributed by atoms with van der Waals surface area (Å²) in [6.07, 6.45) is 3.42. The number of nitrogens with zero attached hydrogens (tertiary/aromatic N) is 3. The molecule has 3 rings (SSSR count). The summed E-state index contributed by atoms with van der Waals surface area (Å²) in [5, 5.41) is 12.3. The number of ether oxygens (including phenoxy) is 1. The van der Waals surface area contributed by atoms with Crippen molar-refractivity contribution in [1.29, 1.82) is 5.26 Å². The molecule has 120 valence electrons. The third-order valence-corrected chi connectivity index (χ3v) is 3.42. The van der Waals surface area contributed by atoms with Crippen molar-refractivity contribution in [2.45, 2.75) is 20.1 Å². The van der Waals surface area contributed by atoms with Gasteiger partial charge in [-0.2, -0.15) is 10.2 Å². The number of nitriles is 1. The van der Waals surface area contributed by atoms with E-state index in [0.717, 1.165) is 16.9 Å². The third-order valence-electron chi connectivity index (χ3n) is 3.42. The first-order valence-corrected chi connectivity index (χ1v) is 7.47. The van der Waals surface area contributed by atoms with Crippen LogP contribution >= 0.6 is 0 Å². The molecule has 0 amide bonds. The van der Waals surface area contributed by atoms with E-state index < -0.39 is 0 Å². The molecule has 0 saturated carbocycles. The zero-order chi connectivity index (χ0) is 16.8. The van der Waals surface area contributed by atoms with E-state index in [0.29, 0.717) is 18.3 Å². The van der Waals surface area contributed by atoms with Crippen molar-refractivity contribution in [3.05, 3.63) is 71.5 Å². The first-order valence-electron chi connectivity index (χ1n) is 7.47. The molecule has 0 aliphatic carbocycles. The van der Waals surface area contributed by atoms with E-state index in [1.807, 2.05) is 49.4 Å². The van der Waals surface area contributed by atoms with Crippen LogP contribution in [0.3, 0.4) is 0 Å². The summed E-state index contributed by atoms with van der Waals surface area (Å²) in [5.41, 5.74) is 2.27. The quantitative estimate of drug-likeness (QED) is 0.749. The average molecular weight is 320 g/mol. The summed E-state index contributed by atoms with van der Waals surface area (Å²) in [6.45, 7) is 2.65.